The van der Waals surface area contributed by atoms with E-state index in [1.165, 1.54) is 0 Å². The quantitative estimate of drug-likeness (QED) is 0.395. The van der Waals surface area contributed by atoms with Gasteiger partial charge in [0.25, 0.3) is 5.91 Å². The number of nitrogens with zero attached hydrogens (tertiary/aromatic N) is 2. The van der Waals surface area contributed by atoms with Gasteiger partial charge in [-0.3, -0.25) is 19.7 Å². The molecule has 0 radical (unpaired) electrons. The largest absolute Gasteiger partial charge is 0.503 e. The van der Waals surface area contributed by atoms with Crippen molar-refractivity contribution < 1.29 is 24.3 Å². The van der Waals surface area contributed by atoms with Crippen LogP contribution in [-0.2, 0) is 14.4 Å². The Labute approximate surface area is 82.7 Å². The van der Waals surface area contributed by atoms with Crippen LogP contribution in [0.4, 0.5) is 4.79 Å². The molecule has 1 fully saturated rings. The Hall–Kier alpha value is -2.38. The summed E-state index contributed by atoms with van der Waals surface area (Å²) in [5.41, 5.74) is 0. The van der Waals surface area contributed by atoms with Gasteiger partial charge in [-0.05, 0) is 0 Å². The number of imide groups is 2. The van der Waals surface area contributed by atoms with Crippen LogP contribution in [0.5, 0.6) is 0 Å². The molecule has 0 saturated carbocycles. The molecule has 0 aromatic heterocycles. The van der Waals surface area contributed by atoms with E-state index in [-0.39, 0.29) is 0 Å². The first-order valence-electron chi connectivity index (χ1n) is 3.91. The zero-order valence-corrected chi connectivity index (χ0v) is 7.26. The maximum absolute atomic E-state index is 11.2. The molecule has 0 spiro atoms. The number of carbonyl (C=O) groups excluding carboxylic acids is 4. The SMILES string of the molecule is O=C1CN(N2C(=O)C=C(O)C2=O)C(=O)N1. The van der Waals surface area contributed by atoms with Crippen molar-refractivity contribution in [3.05, 3.63) is 11.8 Å². The van der Waals surface area contributed by atoms with E-state index in [1.807, 2.05) is 5.32 Å². The number of urea groups is 1. The highest BCUT2D eigenvalue weighted by atomic mass is 16.3. The molecule has 0 aromatic rings. The number of aliphatic hydroxyl groups excluding tert-OH is 1. The molecule has 5 amide bonds. The summed E-state index contributed by atoms with van der Waals surface area (Å²) in [5.74, 6) is -3.26. The topological polar surface area (TPSA) is 107 Å². The van der Waals surface area contributed by atoms with Gasteiger partial charge in [-0.1, -0.05) is 0 Å². The molecule has 15 heavy (non-hydrogen) atoms. The number of rotatable bonds is 1. The molecule has 0 aromatic carbocycles. The Morgan fingerprint density at radius 3 is 2.33 bits per heavy atom. The molecule has 0 unspecified atom stereocenters. The molecule has 0 aliphatic carbocycles. The molecule has 0 bridgehead atoms. The van der Waals surface area contributed by atoms with Gasteiger partial charge in [0.05, 0.1) is 6.08 Å². The van der Waals surface area contributed by atoms with Crippen LogP contribution in [0.2, 0.25) is 0 Å². The summed E-state index contributed by atoms with van der Waals surface area (Å²) in [6, 6.07) is -0.871. The van der Waals surface area contributed by atoms with E-state index in [1.54, 1.807) is 0 Å². The molecular weight excluding hydrogens is 206 g/mol. The fourth-order valence-electron chi connectivity index (χ4n) is 1.27. The zero-order valence-electron chi connectivity index (χ0n) is 7.26. The predicted molar refractivity (Wildman–Crippen MR) is 42.8 cm³/mol. The van der Waals surface area contributed by atoms with E-state index < -0.39 is 36.1 Å². The van der Waals surface area contributed by atoms with Gasteiger partial charge in [0, 0.05) is 0 Å². The lowest BCUT2D eigenvalue weighted by Gasteiger charge is -2.22. The molecule has 0 atom stereocenters. The van der Waals surface area contributed by atoms with Crippen molar-refractivity contribution in [2.45, 2.75) is 0 Å². The molecule has 2 rings (SSSR count). The normalized spacial score (nSPS) is 21.2. The number of hydrogen-bond donors (Lipinski definition) is 2. The molecule has 2 aliphatic rings. The van der Waals surface area contributed by atoms with Gasteiger partial charge in [-0.25, -0.2) is 9.80 Å². The van der Waals surface area contributed by atoms with Crippen LogP contribution in [0.25, 0.3) is 0 Å². The van der Waals surface area contributed by atoms with Gasteiger partial charge in [0.2, 0.25) is 5.91 Å². The summed E-state index contributed by atoms with van der Waals surface area (Å²) in [7, 11) is 0. The number of carbonyl (C=O) groups is 4. The second-order valence-corrected chi connectivity index (χ2v) is 2.90. The van der Waals surface area contributed by atoms with Crippen LogP contribution in [0, 0.1) is 0 Å². The third-order valence-corrected chi connectivity index (χ3v) is 1.90. The zero-order chi connectivity index (χ0) is 11.2. The molecule has 78 valence electrons. The van der Waals surface area contributed by atoms with E-state index in [0.717, 1.165) is 0 Å². The summed E-state index contributed by atoms with van der Waals surface area (Å²) in [6.45, 7) is -0.419. The number of aliphatic hydroxyl groups is 1. The van der Waals surface area contributed by atoms with Crippen LogP contribution in [-0.4, -0.2) is 45.4 Å². The Balaban J connectivity index is 2.27. The van der Waals surface area contributed by atoms with Crippen molar-refractivity contribution in [2.75, 3.05) is 6.54 Å². The Morgan fingerprint density at radius 2 is 1.93 bits per heavy atom. The lowest BCUT2D eigenvalue weighted by atomic mass is 10.5. The maximum atomic E-state index is 11.2. The van der Waals surface area contributed by atoms with Crippen molar-refractivity contribution in [1.29, 1.82) is 0 Å². The molecule has 2 aliphatic heterocycles. The molecule has 2 heterocycles. The van der Waals surface area contributed by atoms with Crippen molar-refractivity contribution in [3.63, 3.8) is 0 Å². The summed E-state index contributed by atoms with van der Waals surface area (Å²) in [4.78, 5) is 44.3. The van der Waals surface area contributed by atoms with Crippen LogP contribution in [0.1, 0.15) is 0 Å². The van der Waals surface area contributed by atoms with Crippen LogP contribution < -0.4 is 5.32 Å². The summed E-state index contributed by atoms with van der Waals surface area (Å²) < 4.78 is 0. The molecule has 2 N–H and O–H groups in total. The minimum Gasteiger partial charge on any atom is -0.503 e. The average Bonchev–Trinajstić information content (AvgIpc) is 2.56. The van der Waals surface area contributed by atoms with Crippen molar-refractivity contribution in [1.82, 2.24) is 15.3 Å². The van der Waals surface area contributed by atoms with E-state index >= 15 is 0 Å². The number of amides is 5. The summed E-state index contributed by atoms with van der Waals surface area (Å²) in [5, 5.41) is 11.9. The fraction of sp³-hybridized carbons (Fsp3) is 0.143. The van der Waals surface area contributed by atoms with Crippen molar-refractivity contribution >= 4 is 23.8 Å². The smallest absolute Gasteiger partial charge is 0.343 e. The van der Waals surface area contributed by atoms with Crippen LogP contribution in [0.3, 0.4) is 0 Å². The number of nitrogens with one attached hydrogen (secondary N) is 1. The first-order chi connectivity index (χ1) is 7.00. The number of hydrogen-bond acceptors (Lipinski definition) is 5. The van der Waals surface area contributed by atoms with Crippen molar-refractivity contribution in [3.8, 4) is 0 Å². The summed E-state index contributed by atoms with van der Waals surface area (Å²) in [6.07, 6.45) is 0.679. The minimum absolute atomic E-state index is 0.412. The fourth-order valence-corrected chi connectivity index (χ4v) is 1.27. The van der Waals surface area contributed by atoms with Gasteiger partial charge in [-0.2, -0.15) is 5.01 Å². The average molecular weight is 211 g/mol. The standard InChI is InChI=1S/C7H5N3O5/c11-3-1-5(13)10(6(3)14)9-2-4(12)8-7(9)15/h1,11H,2H2,(H,8,12,15). The van der Waals surface area contributed by atoms with E-state index in [0.29, 0.717) is 16.1 Å². The third kappa shape index (κ3) is 1.23. The van der Waals surface area contributed by atoms with Gasteiger partial charge in [0.1, 0.15) is 6.54 Å². The van der Waals surface area contributed by atoms with Gasteiger partial charge in [0.15, 0.2) is 5.76 Å². The molecule has 8 nitrogen and oxygen atoms in total. The Bertz CT molecular complexity index is 426. The highest BCUT2D eigenvalue weighted by molar-refractivity contribution is 6.16. The van der Waals surface area contributed by atoms with Gasteiger partial charge < -0.3 is 5.11 Å². The molecule has 8 heteroatoms. The lowest BCUT2D eigenvalue weighted by Crippen LogP contribution is -2.48. The lowest BCUT2D eigenvalue weighted by molar-refractivity contribution is -0.151. The predicted octanol–water partition coefficient (Wildman–Crippen LogP) is -1.74. The Morgan fingerprint density at radius 1 is 1.27 bits per heavy atom. The first kappa shape index (κ1) is 9.19. The highest BCUT2D eigenvalue weighted by Gasteiger charge is 2.42. The Kier molecular flexibility index (Phi) is 1.72. The van der Waals surface area contributed by atoms with E-state index in [4.69, 9.17) is 5.11 Å². The van der Waals surface area contributed by atoms with Gasteiger partial charge in [-0.15, -0.1) is 0 Å². The molecular formula is C7H5N3O5. The van der Waals surface area contributed by atoms with Crippen molar-refractivity contribution in [2.24, 2.45) is 0 Å². The third-order valence-electron chi connectivity index (χ3n) is 1.90. The van der Waals surface area contributed by atoms with Gasteiger partial charge >= 0.3 is 11.9 Å². The van der Waals surface area contributed by atoms with Crippen LogP contribution in [0.15, 0.2) is 11.8 Å². The monoisotopic (exact) mass is 211 g/mol. The van der Waals surface area contributed by atoms with Crippen LogP contribution >= 0.6 is 0 Å². The number of hydrazine groups is 1. The second kappa shape index (κ2) is 2.80. The molecule has 1 saturated heterocycles. The van der Waals surface area contributed by atoms with E-state index in [2.05, 4.69) is 0 Å². The highest BCUT2D eigenvalue weighted by Crippen LogP contribution is 2.15. The summed E-state index contributed by atoms with van der Waals surface area (Å²) >= 11 is 0. The minimum atomic E-state index is -1.02. The first-order valence-corrected chi connectivity index (χ1v) is 3.91. The van der Waals surface area contributed by atoms with E-state index in [9.17, 15) is 19.2 Å². The second-order valence-electron chi connectivity index (χ2n) is 2.90. The maximum Gasteiger partial charge on any atom is 0.343 e.